The van der Waals surface area contributed by atoms with E-state index in [1.54, 1.807) is 18.2 Å². The van der Waals surface area contributed by atoms with Crippen molar-refractivity contribution in [1.29, 1.82) is 0 Å². The maximum atomic E-state index is 13.3. The fourth-order valence-electron chi connectivity index (χ4n) is 2.91. The van der Waals surface area contributed by atoms with E-state index in [9.17, 15) is 14.0 Å². The molecular formula is C20H21FN2O4. The minimum Gasteiger partial charge on any atom is -0.495 e. The van der Waals surface area contributed by atoms with Gasteiger partial charge in [0, 0.05) is 30.4 Å². The van der Waals surface area contributed by atoms with E-state index in [4.69, 9.17) is 9.47 Å². The first kappa shape index (κ1) is 18.8. The van der Waals surface area contributed by atoms with Crippen molar-refractivity contribution in [3.63, 3.8) is 0 Å². The molecule has 1 heterocycles. The van der Waals surface area contributed by atoms with Gasteiger partial charge in [0.15, 0.2) is 0 Å². The highest BCUT2D eigenvalue weighted by Gasteiger charge is 2.22. The number of benzene rings is 2. The zero-order chi connectivity index (χ0) is 19.2. The molecule has 0 aliphatic carbocycles. The Morgan fingerprint density at radius 2 is 1.89 bits per heavy atom. The summed E-state index contributed by atoms with van der Waals surface area (Å²) in [5, 5.41) is 5.56. The van der Waals surface area contributed by atoms with Crippen LogP contribution < -0.4 is 15.4 Å². The first-order valence-electron chi connectivity index (χ1n) is 8.70. The van der Waals surface area contributed by atoms with Gasteiger partial charge >= 0.3 is 0 Å². The van der Waals surface area contributed by atoms with Crippen LogP contribution in [-0.2, 0) is 9.53 Å². The highest BCUT2D eigenvalue weighted by Crippen LogP contribution is 2.29. The molecule has 1 aliphatic heterocycles. The second-order valence-electron chi connectivity index (χ2n) is 6.26. The highest BCUT2D eigenvalue weighted by molar-refractivity contribution is 6.05. The lowest BCUT2D eigenvalue weighted by molar-refractivity contribution is -0.122. The number of halogens is 1. The molecule has 1 saturated heterocycles. The summed E-state index contributed by atoms with van der Waals surface area (Å²) in [7, 11) is 1.48. The Morgan fingerprint density at radius 1 is 1.11 bits per heavy atom. The van der Waals surface area contributed by atoms with Crippen LogP contribution in [0.4, 0.5) is 15.8 Å². The summed E-state index contributed by atoms with van der Waals surface area (Å²) >= 11 is 0. The van der Waals surface area contributed by atoms with E-state index < -0.39 is 11.7 Å². The van der Waals surface area contributed by atoms with Crippen molar-refractivity contribution in [3.05, 3.63) is 53.8 Å². The van der Waals surface area contributed by atoms with Crippen LogP contribution in [-0.4, -0.2) is 32.1 Å². The summed E-state index contributed by atoms with van der Waals surface area (Å²) in [6, 6.07) is 10.4. The van der Waals surface area contributed by atoms with Crippen LogP contribution in [0.5, 0.6) is 5.75 Å². The van der Waals surface area contributed by atoms with E-state index in [1.165, 1.54) is 25.3 Å². The van der Waals surface area contributed by atoms with Gasteiger partial charge < -0.3 is 20.1 Å². The monoisotopic (exact) mass is 372 g/mol. The van der Waals surface area contributed by atoms with Gasteiger partial charge in [0.2, 0.25) is 5.91 Å². The Kier molecular flexibility index (Phi) is 6.03. The number of carbonyl (C=O) groups is 2. The molecule has 3 rings (SSSR count). The van der Waals surface area contributed by atoms with Gasteiger partial charge in [-0.1, -0.05) is 6.07 Å². The lowest BCUT2D eigenvalue weighted by atomic mass is 9.99. The average molecular weight is 372 g/mol. The summed E-state index contributed by atoms with van der Waals surface area (Å²) in [5.74, 6) is -0.700. The topological polar surface area (TPSA) is 76.7 Å². The number of ether oxygens (including phenoxy) is 2. The number of anilines is 2. The smallest absolute Gasteiger partial charge is 0.255 e. The van der Waals surface area contributed by atoms with Gasteiger partial charge in [-0.15, -0.1) is 0 Å². The summed E-state index contributed by atoms with van der Waals surface area (Å²) in [4.78, 5) is 24.8. The van der Waals surface area contributed by atoms with Gasteiger partial charge in [-0.25, -0.2) is 4.39 Å². The van der Waals surface area contributed by atoms with Crippen molar-refractivity contribution in [2.45, 2.75) is 12.8 Å². The molecule has 1 fully saturated rings. The molecule has 2 amide bonds. The van der Waals surface area contributed by atoms with Crippen LogP contribution in [0.3, 0.4) is 0 Å². The summed E-state index contributed by atoms with van der Waals surface area (Å²) < 4.78 is 23.9. The molecule has 0 bridgehead atoms. The summed E-state index contributed by atoms with van der Waals surface area (Å²) in [6.45, 7) is 1.16. The van der Waals surface area contributed by atoms with E-state index in [-0.39, 0.29) is 17.4 Å². The van der Waals surface area contributed by atoms with Gasteiger partial charge in [-0.2, -0.15) is 0 Å². The summed E-state index contributed by atoms with van der Waals surface area (Å²) in [6.07, 6.45) is 1.37. The fourth-order valence-corrected chi connectivity index (χ4v) is 2.91. The molecule has 7 heteroatoms. The molecule has 0 atom stereocenters. The Labute approximate surface area is 156 Å². The zero-order valence-corrected chi connectivity index (χ0v) is 15.0. The summed E-state index contributed by atoms with van der Waals surface area (Å²) in [5.41, 5.74) is 1.12. The van der Waals surface area contributed by atoms with Crippen molar-refractivity contribution in [2.75, 3.05) is 31.0 Å². The molecule has 2 aromatic carbocycles. The number of carbonyl (C=O) groups excluding carboxylic acids is 2. The highest BCUT2D eigenvalue weighted by atomic mass is 19.1. The molecule has 0 unspecified atom stereocenters. The standard InChI is InChI=1S/C20H21FN2O4/c1-26-18-6-5-16(22-19(24)13-7-9-27-10-8-13)12-17(18)23-20(25)14-3-2-4-15(21)11-14/h2-6,11-13H,7-10H2,1H3,(H,22,24)(H,23,25). The maximum absolute atomic E-state index is 13.3. The van der Waals surface area contributed by atoms with E-state index in [1.807, 2.05) is 0 Å². The Hall–Kier alpha value is -2.93. The molecule has 2 aromatic rings. The number of methoxy groups -OCH3 is 1. The Morgan fingerprint density at radius 3 is 2.59 bits per heavy atom. The lowest BCUT2D eigenvalue weighted by Gasteiger charge is -2.21. The first-order chi connectivity index (χ1) is 13.1. The van der Waals surface area contributed by atoms with Gasteiger partial charge in [-0.05, 0) is 49.2 Å². The molecule has 0 radical (unpaired) electrons. The third kappa shape index (κ3) is 4.83. The van der Waals surface area contributed by atoms with E-state index in [0.29, 0.717) is 43.2 Å². The maximum Gasteiger partial charge on any atom is 0.255 e. The quantitative estimate of drug-likeness (QED) is 0.843. The number of amides is 2. The molecule has 0 saturated carbocycles. The number of hydrogen-bond donors (Lipinski definition) is 2. The van der Waals surface area contributed by atoms with Crippen molar-refractivity contribution in [1.82, 2.24) is 0 Å². The second kappa shape index (κ2) is 8.64. The Bertz CT molecular complexity index is 834. The van der Waals surface area contributed by atoms with E-state index in [2.05, 4.69) is 10.6 Å². The van der Waals surface area contributed by atoms with Crippen molar-refractivity contribution in [2.24, 2.45) is 5.92 Å². The molecule has 1 aliphatic rings. The molecule has 142 valence electrons. The van der Waals surface area contributed by atoms with Gasteiger partial charge in [0.25, 0.3) is 5.91 Å². The lowest BCUT2D eigenvalue weighted by Crippen LogP contribution is -2.28. The zero-order valence-electron chi connectivity index (χ0n) is 15.0. The van der Waals surface area contributed by atoms with Crippen LogP contribution in [0.2, 0.25) is 0 Å². The predicted molar refractivity (Wildman–Crippen MR) is 99.5 cm³/mol. The average Bonchev–Trinajstić information content (AvgIpc) is 2.69. The largest absolute Gasteiger partial charge is 0.495 e. The number of nitrogens with one attached hydrogen (secondary N) is 2. The van der Waals surface area contributed by atoms with Crippen LogP contribution in [0.25, 0.3) is 0 Å². The van der Waals surface area contributed by atoms with Gasteiger partial charge in [0.05, 0.1) is 12.8 Å². The molecule has 0 spiro atoms. The normalized spacial score (nSPS) is 14.4. The molecule has 27 heavy (non-hydrogen) atoms. The van der Waals surface area contributed by atoms with E-state index in [0.717, 1.165) is 6.07 Å². The van der Waals surface area contributed by atoms with E-state index >= 15 is 0 Å². The van der Waals surface area contributed by atoms with Gasteiger partial charge in [-0.3, -0.25) is 9.59 Å². The third-order valence-corrected chi connectivity index (χ3v) is 4.39. The van der Waals surface area contributed by atoms with Crippen LogP contribution >= 0.6 is 0 Å². The molecular weight excluding hydrogens is 351 g/mol. The van der Waals surface area contributed by atoms with Crippen LogP contribution in [0.1, 0.15) is 23.2 Å². The predicted octanol–water partition coefficient (Wildman–Crippen LogP) is 3.45. The number of hydrogen-bond acceptors (Lipinski definition) is 4. The van der Waals surface area contributed by atoms with Crippen molar-refractivity contribution in [3.8, 4) is 5.75 Å². The molecule has 2 N–H and O–H groups in total. The Balaban J connectivity index is 1.75. The minimum atomic E-state index is -0.493. The minimum absolute atomic E-state index is 0.0779. The van der Waals surface area contributed by atoms with Crippen LogP contribution in [0, 0.1) is 11.7 Å². The van der Waals surface area contributed by atoms with Crippen LogP contribution in [0.15, 0.2) is 42.5 Å². The molecule has 0 aromatic heterocycles. The van der Waals surface area contributed by atoms with Crippen molar-refractivity contribution >= 4 is 23.2 Å². The second-order valence-corrected chi connectivity index (χ2v) is 6.26. The third-order valence-electron chi connectivity index (χ3n) is 4.39. The molecule has 6 nitrogen and oxygen atoms in total. The van der Waals surface area contributed by atoms with Gasteiger partial charge in [0.1, 0.15) is 11.6 Å². The SMILES string of the molecule is COc1ccc(NC(=O)C2CCOCC2)cc1NC(=O)c1cccc(F)c1. The fraction of sp³-hybridized carbons (Fsp3) is 0.300. The first-order valence-corrected chi connectivity index (χ1v) is 8.70. The van der Waals surface area contributed by atoms with Crippen molar-refractivity contribution < 1.29 is 23.5 Å². The number of rotatable bonds is 5.